The van der Waals surface area contributed by atoms with Crippen LogP contribution in [0.15, 0.2) is 54.6 Å². The van der Waals surface area contributed by atoms with Crippen molar-refractivity contribution in [2.75, 3.05) is 0 Å². The predicted molar refractivity (Wildman–Crippen MR) is 88.3 cm³/mol. The first-order valence-electron chi connectivity index (χ1n) is 7.42. The van der Waals surface area contributed by atoms with Crippen LogP contribution in [0.1, 0.15) is 21.5 Å². The Balaban J connectivity index is 1.81. The van der Waals surface area contributed by atoms with Crippen LogP contribution < -0.4 is 4.74 Å². The van der Waals surface area contributed by atoms with Crippen LogP contribution in [0.2, 0.25) is 0 Å². The number of rotatable bonds is 3. The molecule has 3 rings (SSSR count). The molecule has 0 fully saturated rings. The van der Waals surface area contributed by atoms with Crippen molar-refractivity contribution in [1.29, 1.82) is 0 Å². The van der Waals surface area contributed by atoms with Gasteiger partial charge >= 0.3 is 5.97 Å². The average Bonchev–Trinajstić information content (AvgIpc) is 2.58. The zero-order chi connectivity index (χ0) is 17.1. The Bertz CT molecular complexity index is 892. The number of aromatic nitrogens is 2. The molecule has 0 aliphatic carbocycles. The Kier molecular flexibility index (Phi) is 4.33. The molecule has 5 heteroatoms. The first-order chi connectivity index (χ1) is 11.5. The Hall–Kier alpha value is -3.08. The van der Waals surface area contributed by atoms with Crippen LogP contribution in [0.25, 0.3) is 11.3 Å². The molecule has 0 bridgehead atoms. The second-order valence-electron chi connectivity index (χ2n) is 5.44. The van der Waals surface area contributed by atoms with Crippen molar-refractivity contribution in [1.82, 2.24) is 10.2 Å². The van der Waals surface area contributed by atoms with Crippen molar-refractivity contribution < 1.29 is 13.9 Å². The Morgan fingerprint density at radius 2 is 1.79 bits per heavy atom. The summed E-state index contributed by atoms with van der Waals surface area (Å²) in [5, 5.41) is 8.00. The van der Waals surface area contributed by atoms with Gasteiger partial charge < -0.3 is 4.74 Å². The maximum atomic E-state index is 13.6. The number of aryl methyl sites for hydroxylation is 2. The van der Waals surface area contributed by atoms with Crippen molar-refractivity contribution in [3.05, 3.63) is 77.1 Å². The van der Waals surface area contributed by atoms with E-state index in [4.69, 9.17) is 4.74 Å². The van der Waals surface area contributed by atoms with E-state index in [9.17, 15) is 9.18 Å². The fourth-order valence-corrected chi connectivity index (χ4v) is 2.31. The average molecular weight is 322 g/mol. The van der Waals surface area contributed by atoms with Gasteiger partial charge in [0.2, 0.25) is 5.88 Å². The maximum Gasteiger partial charge on any atom is 0.347 e. The first-order valence-corrected chi connectivity index (χ1v) is 7.42. The number of benzene rings is 2. The molecule has 2 aromatic carbocycles. The van der Waals surface area contributed by atoms with Crippen LogP contribution in [-0.4, -0.2) is 16.2 Å². The van der Waals surface area contributed by atoms with E-state index >= 15 is 0 Å². The molecule has 24 heavy (non-hydrogen) atoms. The second-order valence-corrected chi connectivity index (χ2v) is 5.44. The highest BCUT2D eigenvalue weighted by atomic mass is 19.1. The second kappa shape index (κ2) is 6.58. The van der Waals surface area contributed by atoms with Gasteiger partial charge in [-0.2, -0.15) is 0 Å². The largest absolute Gasteiger partial charge is 0.402 e. The van der Waals surface area contributed by atoms with E-state index in [1.165, 1.54) is 18.2 Å². The van der Waals surface area contributed by atoms with Crippen LogP contribution >= 0.6 is 0 Å². The number of halogens is 1. The summed E-state index contributed by atoms with van der Waals surface area (Å²) >= 11 is 0. The number of hydrogen-bond acceptors (Lipinski definition) is 4. The summed E-state index contributed by atoms with van der Waals surface area (Å²) in [6, 6.07) is 14.9. The molecule has 120 valence electrons. The number of carbonyl (C=O) groups is 1. The molecule has 0 amide bonds. The minimum absolute atomic E-state index is 0.0253. The number of nitrogens with zero attached hydrogens (tertiary/aromatic N) is 2. The quantitative estimate of drug-likeness (QED) is 0.681. The molecule has 0 spiro atoms. The Morgan fingerprint density at radius 1 is 1.00 bits per heavy atom. The van der Waals surface area contributed by atoms with Crippen molar-refractivity contribution in [3.8, 4) is 17.1 Å². The smallest absolute Gasteiger partial charge is 0.347 e. The molecule has 1 aromatic heterocycles. The van der Waals surface area contributed by atoms with Crippen LogP contribution in [-0.2, 0) is 0 Å². The van der Waals surface area contributed by atoms with Crippen LogP contribution in [0.3, 0.4) is 0 Å². The predicted octanol–water partition coefficient (Wildman–Crippen LogP) is 4.12. The van der Waals surface area contributed by atoms with Gasteiger partial charge in [-0.3, -0.25) is 0 Å². The highest BCUT2D eigenvalue weighted by Crippen LogP contribution is 2.23. The molecule has 3 aromatic rings. The summed E-state index contributed by atoms with van der Waals surface area (Å²) in [6.45, 7) is 3.99. The van der Waals surface area contributed by atoms with E-state index in [1.807, 2.05) is 32.0 Å². The molecule has 0 saturated carbocycles. The van der Waals surface area contributed by atoms with Gasteiger partial charge in [-0.1, -0.05) is 29.8 Å². The zero-order valence-electron chi connectivity index (χ0n) is 13.3. The van der Waals surface area contributed by atoms with Crippen molar-refractivity contribution in [2.24, 2.45) is 0 Å². The summed E-state index contributed by atoms with van der Waals surface area (Å²) in [5.41, 5.74) is 3.70. The summed E-state index contributed by atoms with van der Waals surface area (Å²) in [6.07, 6.45) is 0. The number of ether oxygens (including phenoxy) is 1. The van der Waals surface area contributed by atoms with Crippen molar-refractivity contribution >= 4 is 5.97 Å². The minimum atomic E-state index is -0.804. The maximum absolute atomic E-state index is 13.6. The third-order valence-corrected chi connectivity index (χ3v) is 3.60. The SMILES string of the molecule is Cc1ccc(C)c(-c2ccc(OC(=O)c3ccccc3F)nn2)c1. The molecule has 0 N–H and O–H groups in total. The highest BCUT2D eigenvalue weighted by molar-refractivity contribution is 5.91. The number of carbonyl (C=O) groups excluding carboxylic acids is 1. The number of hydrogen-bond donors (Lipinski definition) is 0. The molecule has 0 radical (unpaired) electrons. The lowest BCUT2D eigenvalue weighted by atomic mass is 10.0. The highest BCUT2D eigenvalue weighted by Gasteiger charge is 2.14. The lowest BCUT2D eigenvalue weighted by Gasteiger charge is -2.07. The van der Waals surface area contributed by atoms with Gasteiger partial charge in [0.1, 0.15) is 5.82 Å². The van der Waals surface area contributed by atoms with Crippen LogP contribution in [0.5, 0.6) is 5.88 Å². The molecule has 0 atom stereocenters. The van der Waals surface area contributed by atoms with E-state index in [-0.39, 0.29) is 11.4 Å². The number of esters is 1. The van der Waals surface area contributed by atoms with Crippen LogP contribution in [0, 0.1) is 19.7 Å². The molecule has 1 heterocycles. The van der Waals surface area contributed by atoms with Gasteiger partial charge in [0.05, 0.1) is 11.3 Å². The van der Waals surface area contributed by atoms with E-state index in [2.05, 4.69) is 10.2 Å². The Morgan fingerprint density at radius 3 is 2.50 bits per heavy atom. The van der Waals surface area contributed by atoms with E-state index < -0.39 is 11.8 Å². The van der Waals surface area contributed by atoms with Gasteiger partial charge in [0.25, 0.3) is 0 Å². The van der Waals surface area contributed by atoms with Crippen LogP contribution in [0.4, 0.5) is 4.39 Å². The first kappa shape index (κ1) is 15.8. The summed E-state index contributed by atoms with van der Waals surface area (Å²) in [5.74, 6) is -1.42. The normalized spacial score (nSPS) is 10.5. The Labute approximate surface area is 138 Å². The van der Waals surface area contributed by atoms with Gasteiger partial charge in [-0.15, -0.1) is 10.2 Å². The molecular weight excluding hydrogens is 307 g/mol. The molecule has 0 aliphatic rings. The molecule has 0 saturated heterocycles. The van der Waals surface area contributed by atoms with E-state index in [0.29, 0.717) is 5.69 Å². The molecule has 0 unspecified atom stereocenters. The fraction of sp³-hybridized carbons (Fsp3) is 0.105. The summed E-state index contributed by atoms with van der Waals surface area (Å²) in [4.78, 5) is 12.0. The van der Waals surface area contributed by atoms with Gasteiger partial charge in [-0.25, -0.2) is 9.18 Å². The molecule has 0 aliphatic heterocycles. The minimum Gasteiger partial charge on any atom is -0.402 e. The summed E-state index contributed by atoms with van der Waals surface area (Å²) < 4.78 is 18.6. The van der Waals surface area contributed by atoms with E-state index in [0.717, 1.165) is 16.7 Å². The molecule has 4 nitrogen and oxygen atoms in total. The topological polar surface area (TPSA) is 52.1 Å². The third-order valence-electron chi connectivity index (χ3n) is 3.60. The lowest BCUT2D eigenvalue weighted by Crippen LogP contribution is -2.11. The molecular formula is C19H15FN2O2. The van der Waals surface area contributed by atoms with Gasteiger partial charge in [0, 0.05) is 11.6 Å². The monoisotopic (exact) mass is 322 g/mol. The summed E-state index contributed by atoms with van der Waals surface area (Å²) in [7, 11) is 0. The standard InChI is InChI=1S/C19H15FN2O2/c1-12-7-8-13(2)15(11-12)17-9-10-18(22-21-17)24-19(23)14-5-3-4-6-16(14)20/h3-11H,1-2H3. The van der Waals surface area contributed by atoms with Gasteiger partial charge in [-0.05, 0) is 43.7 Å². The van der Waals surface area contributed by atoms with Crippen molar-refractivity contribution in [3.63, 3.8) is 0 Å². The van der Waals surface area contributed by atoms with Gasteiger partial charge in [0.15, 0.2) is 0 Å². The van der Waals surface area contributed by atoms with E-state index in [1.54, 1.807) is 18.2 Å². The van der Waals surface area contributed by atoms with Crippen molar-refractivity contribution in [2.45, 2.75) is 13.8 Å². The zero-order valence-corrected chi connectivity index (χ0v) is 13.3. The lowest BCUT2D eigenvalue weighted by molar-refractivity contribution is 0.0721. The fourth-order valence-electron chi connectivity index (χ4n) is 2.31. The third kappa shape index (κ3) is 3.30.